The van der Waals surface area contributed by atoms with E-state index in [1.54, 1.807) is 29.2 Å². The van der Waals surface area contributed by atoms with Gasteiger partial charge in [0.2, 0.25) is 5.91 Å². The molecule has 0 spiro atoms. The minimum absolute atomic E-state index is 0.179. The maximum absolute atomic E-state index is 13.0. The molecule has 2 atom stereocenters. The smallest absolute Gasteiger partial charge is 0.310 e. The maximum atomic E-state index is 13.0. The Morgan fingerprint density at radius 1 is 1.22 bits per heavy atom. The highest BCUT2D eigenvalue weighted by molar-refractivity contribution is 6.01. The van der Waals surface area contributed by atoms with Gasteiger partial charge in [-0.2, -0.15) is 0 Å². The molecule has 0 radical (unpaired) electrons. The van der Waals surface area contributed by atoms with E-state index in [0.717, 1.165) is 12.8 Å². The van der Waals surface area contributed by atoms with Gasteiger partial charge in [-0.3, -0.25) is 14.4 Å². The van der Waals surface area contributed by atoms with Gasteiger partial charge in [0.05, 0.1) is 5.92 Å². The largest absolute Gasteiger partial charge is 0.451 e. The minimum atomic E-state index is -0.812. The zero-order chi connectivity index (χ0) is 19.8. The van der Waals surface area contributed by atoms with E-state index in [1.165, 1.54) is 5.57 Å². The van der Waals surface area contributed by atoms with Crippen molar-refractivity contribution in [3.63, 3.8) is 0 Å². The number of esters is 1. The highest BCUT2D eigenvalue weighted by Gasteiger charge is 2.49. The molecule has 1 aromatic carbocycles. The number of hydrogen-bond donors (Lipinski definition) is 1. The number of rotatable bonds is 4. The predicted molar refractivity (Wildman–Crippen MR) is 102 cm³/mol. The minimum Gasteiger partial charge on any atom is -0.451 e. The van der Waals surface area contributed by atoms with Crippen molar-refractivity contribution in [1.29, 1.82) is 0 Å². The monoisotopic (exact) mass is 370 g/mol. The fourth-order valence-corrected chi connectivity index (χ4v) is 3.67. The Labute approximate surface area is 159 Å². The Morgan fingerprint density at radius 2 is 1.89 bits per heavy atom. The molecule has 2 aliphatic rings. The molecule has 6 heteroatoms. The van der Waals surface area contributed by atoms with Gasteiger partial charge in [0.15, 0.2) is 6.10 Å². The first-order valence-electron chi connectivity index (χ1n) is 9.26. The third-order valence-electron chi connectivity index (χ3n) is 5.43. The summed E-state index contributed by atoms with van der Waals surface area (Å²) >= 11 is 0. The van der Waals surface area contributed by atoms with Crippen molar-refractivity contribution in [3.8, 4) is 0 Å². The quantitative estimate of drug-likeness (QED) is 0.652. The van der Waals surface area contributed by atoms with Crippen LogP contribution in [0.2, 0.25) is 0 Å². The maximum Gasteiger partial charge on any atom is 0.310 e. The molecule has 0 unspecified atom stereocenters. The van der Waals surface area contributed by atoms with Gasteiger partial charge >= 0.3 is 5.97 Å². The molecular formula is C21H26N2O4. The van der Waals surface area contributed by atoms with Crippen LogP contribution in [0.25, 0.3) is 0 Å². The van der Waals surface area contributed by atoms with Gasteiger partial charge < -0.3 is 15.4 Å². The fourth-order valence-electron chi connectivity index (χ4n) is 3.67. The summed E-state index contributed by atoms with van der Waals surface area (Å²) < 4.78 is 5.69. The number of carbonyl (C=O) groups excluding carboxylic acids is 3. The average molecular weight is 370 g/mol. The molecule has 1 heterocycles. The Morgan fingerprint density at radius 3 is 2.44 bits per heavy atom. The Kier molecular flexibility index (Phi) is 5.09. The van der Waals surface area contributed by atoms with Crippen LogP contribution in [-0.4, -0.2) is 30.4 Å². The number of amides is 2. The Balaban J connectivity index is 1.74. The molecule has 0 aromatic heterocycles. The van der Waals surface area contributed by atoms with Crippen LogP contribution in [0.15, 0.2) is 35.9 Å². The predicted octanol–water partition coefficient (Wildman–Crippen LogP) is 2.82. The first kappa shape index (κ1) is 19.1. The van der Waals surface area contributed by atoms with Crippen LogP contribution in [0, 0.1) is 11.3 Å². The van der Waals surface area contributed by atoms with Crippen molar-refractivity contribution in [2.75, 3.05) is 11.4 Å². The number of nitrogens with two attached hydrogens (primary N) is 1. The SMILES string of the molecule is CC1=CC[C@@H](C(=O)O[C@H]2C(=O)N(c3ccc(C(N)=O)cc3)CC2(C)C)CC1. The molecule has 0 bridgehead atoms. The lowest BCUT2D eigenvalue weighted by atomic mass is 9.88. The average Bonchev–Trinajstić information content (AvgIpc) is 2.85. The molecule has 2 amide bonds. The van der Waals surface area contributed by atoms with Gasteiger partial charge in [-0.25, -0.2) is 0 Å². The number of benzene rings is 1. The fraction of sp³-hybridized carbons (Fsp3) is 0.476. The first-order valence-corrected chi connectivity index (χ1v) is 9.26. The summed E-state index contributed by atoms with van der Waals surface area (Å²) in [7, 11) is 0. The van der Waals surface area contributed by atoms with Gasteiger partial charge in [-0.05, 0) is 50.5 Å². The summed E-state index contributed by atoms with van der Waals surface area (Å²) in [5, 5.41) is 0. The summed E-state index contributed by atoms with van der Waals surface area (Å²) in [6, 6.07) is 6.56. The summed E-state index contributed by atoms with van der Waals surface area (Å²) in [6.45, 7) is 6.34. The normalized spacial score (nSPS) is 24.5. The molecule has 1 aliphatic heterocycles. The van der Waals surface area contributed by atoms with Gasteiger partial charge in [-0.1, -0.05) is 25.5 Å². The first-order chi connectivity index (χ1) is 12.7. The van der Waals surface area contributed by atoms with E-state index < -0.39 is 17.4 Å². The third kappa shape index (κ3) is 3.89. The van der Waals surface area contributed by atoms with E-state index in [4.69, 9.17) is 10.5 Å². The molecule has 2 N–H and O–H groups in total. The van der Waals surface area contributed by atoms with Crippen LogP contribution in [0.5, 0.6) is 0 Å². The number of anilines is 1. The lowest BCUT2D eigenvalue weighted by molar-refractivity contribution is -0.162. The van der Waals surface area contributed by atoms with Crippen LogP contribution in [0.4, 0.5) is 5.69 Å². The van der Waals surface area contributed by atoms with Crippen molar-refractivity contribution < 1.29 is 19.1 Å². The van der Waals surface area contributed by atoms with Crippen LogP contribution in [-0.2, 0) is 14.3 Å². The molecule has 144 valence electrons. The number of ether oxygens (including phenoxy) is 1. The van der Waals surface area contributed by atoms with Crippen molar-refractivity contribution in [3.05, 3.63) is 41.5 Å². The third-order valence-corrected chi connectivity index (χ3v) is 5.43. The van der Waals surface area contributed by atoms with Crippen LogP contribution >= 0.6 is 0 Å². The van der Waals surface area contributed by atoms with E-state index >= 15 is 0 Å². The van der Waals surface area contributed by atoms with Crippen molar-refractivity contribution in [2.24, 2.45) is 17.1 Å². The highest BCUT2D eigenvalue weighted by atomic mass is 16.6. The molecule has 27 heavy (non-hydrogen) atoms. The lowest BCUT2D eigenvalue weighted by Crippen LogP contribution is -2.38. The lowest BCUT2D eigenvalue weighted by Gasteiger charge is -2.26. The van der Waals surface area contributed by atoms with Gasteiger partial charge in [0.25, 0.3) is 5.91 Å². The van der Waals surface area contributed by atoms with E-state index in [9.17, 15) is 14.4 Å². The van der Waals surface area contributed by atoms with E-state index in [-0.39, 0.29) is 17.8 Å². The summed E-state index contributed by atoms with van der Waals surface area (Å²) in [5.74, 6) is -1.22. The topological polar surface area (TPSA) is 89.7 Å². The molecule has 1 saturated heterocycles. The van der Waals surface area contributed by atoms with Crippen molar-refractivity contribution >= 4 is 23.5 Å². The summed E-state index contributed by atoms with van der Waals surface area (Å²) in [5.41, 5.74) is 7.09. The molecule has 3 rings (SSSR count). The number of nitrogens with zero attached hydrogens (tertiary/aromatic N) is 1. The summed E-state index contributed by atoms with van der Waals surface area (Å²) in [6.07, 6.45) is 3.59. The second kappa shape index (κ2) is 7.18. The van der Waals surface area contributed by atoms with Crippen LogP contribution in [0.1, 0.15) is 50.4 Å². The van der Waals surface area contributed by atoms with E-state index in [0.29, 0.717) is 24.2 Å². The van der Waals surface area contributed by atoms with Crippen molar-refractivity contribution in [2.45, 2.75) is 46.1 Å². The molecule has 1 fully saturated rings. The number of primary amides is 1. The second-order valence-corrected chi connectivity index (χ2v) is 8.16. The van der Waals surface area contributed by atoms with Crippen molar-refractivity contribution in [1.82, 2.24) is 0 Å². The zero-order valence-electron chi connectivity index (χ0n) is 16.0. The van der Waals surface area contributed by atoms with E-state index in [1.807, 2.05) is 13.8 Å². The standard InChI is InChI=1S/C21H26N2O4/c1-13-4-6-15(7-5-13)20(26)27-17-19(25)23(12-21(17,2)3)16-10-8-14(9-11-16)18(22)24/h4,8-11,15,17H,5-7,12H2,1-3H3,(H2,22,24)/t15-,17+/m1/s1. The highest BCUT2D eigenvalue weighted by Crippen LogP contribution is 2.37. The molecule has 0 saturated carbocycles. The zero-order valence-corrected chi connectivity index (χ0v) is 16.0. The number of carbonyl (C=O) groups is 3. The van der Waals surface area contributed by atoms with Crippen LogP contribution < -0.4 is 10.6 Å². The van der Waals surface area contributed by atoms with Gasteiger partial charge in [0, 0.05) is 23.2 Å². The van der Waals surface area contributed by atoms with Crippen LogP contribution in [0.3, 0.4) is 0 Å². The molecule has 1 aromatic rings. The second-order valence-electron chi connectivity index (χ2n) is 8.16. The Bertz CT molecular complexity index is 795. The number of allylic oxidation sites excluding steroid dienone is 2. The Hall–Kier alpha value is -2.63. The van der Waals surface area contributed by atoms with E-state index in [2.05, 4.69) is 13.0 Å². The van der Waals surface area contributed by atoms with Gasteiger partial charge in [0.1, 0.15) is 0 Å². The van der Waals surface area contributed by atoms with Gasteiger partial charge in [-0.15, -0.1) is 0 Å². The molecular weight excluding hydrogens is 344 g/mol. The summed E-state index contributed by atoms with van der Waals surface area (Å²) in [4.78, 5) is 38.4. The molecule has 6 nitrogen and oxygen atoms in total. The molecule has 1 aliphatic carbocycles. The number of hydrogen-bond acceptors (Lipinski definition) is 4.